The average Bonchev–Trinajstić information content (AvgIpc) is 2.58. The molecule has 2 nitrogen and oxygen atoms in total. The summed E-state index contributed by atoms with van der Waals surface area (Å²) in [5.41, 5.74) is 4.06. The molecule has 0 fully saturated rings. The van der Waals surface area contributed by atoms with Crippen LogP contribution in [0.1, 0.15) is 19.4 Å². The van der Waals surface area contributed by atoms with Gasteiger partial charge in [0.15, 0.2) is 0 Å². The van der Waals surface area contributed by atoms with Gasteiger partial charge >= 0.3 is 0 Å². The minimum atomic E-state index is 0.479. The molecule has 0 amide bonds. The Bertz CT molecular complexity index is 818. The van der Waals surface area contributed by atoms with E-state index in [1.54, 1.807) is 0 Å². The molecule has 0 unspecified atom stereocenters. The van der Waals surface area contributed by atoms with Crippen LogP contribution >= 0.6 is 0 Å². The molecule has 1 aliphatic rings. The van der Waals surface area contributed by atoms with Crippen LogP contribution in [-0.2, 0) is 6.54 Å². The Morgan fingerprint density at radius 2 is 1.52 bits per heavy atom. The van der Waals surface area contributed by atoms with Crippen molar-refractivity contribution in [1.82, 2.24) is 0 Å². The maximum Gasteiger partial charge on any atom is 0.0909 e. The van der Waals surface area contributed by atoms with Gasteiger partial charge in [0, 0.05) is 29.3 Å². The summed E-state index contributed by atoms with van der Waals surface area (Å²) in [4.78, 5) is 4.99. The van der Waals surface area contributed by atoms with Gasteiger partial charge in [-0.15, -0.1) is 0 Å². The van der Waals surface area contributed by atoms with Gasteiger partial charge in [-0.2, -0.15) is 0 Å². The Morgan fingerprint density at radius 3 is 2.22 bits per heavy atom. The molecule has 116 valence electrons. The molecule has 23 heavy (non-hydrogen) atoms. The van der Waals surface area contributed by atoms with Crippen molar-refractivity contribution in [2.75, 3.05) is 16.5 Å². The van der Waals surface area contributed by atoms with E-state index in [2.05, 4.69) is 90.4 Å². The van der Waals surface area contributed by atoms with Crippen molar-refractivity contribution in [2.45, 2.75) is 26.4 Å². The molecule has 0 saturated carbocycles. The number of hydrogen-bond acceptors (Lipinski definition) is 2. The molecule has 3 aromatic carbocycles. The topological polar surface area (TPSA) is 6.48 Å². The van der Waals surface area contributed by atoms with Gasteiger partial charge in [-0.05, 0) is 36.9 Å². The zero-order chi connectivity index (χ0) is 15.8. The van der Waals surface area contributed by atoms with E-state index < -0.39 is 0 Å². The summed E-state index contributed by atoms with van der Waals surface area (Å²) in [6.45, 7) is 6.42. The molecule has 0 saturated heterocycles. The fourth-order valence-electron chi connectivity index (χ4n) is 3.52. The van der Waals surface area contributed by atoms with Gasteiger partial charge in [-0.1, -0.05) is 54.6 Å². The Kier molecular flexibility index (Phi) is 3.45. The molecule has 1 heterocycles. The van der Waals surface area contributed by atoms with Crippen molar-refractivity contribution < 1.29 is 0 Å². The molecule has 4 rings (SSSR count). The SMILES string of the molecule is CC(C)N1CN(Cc2ccccc2)c2cccc3cccc1c23. The number of nitrogens with zero attached hydrogens (tertiary/aromatic N) is 2. The lowest BCUT2D eigenvalue weighted by atomic mass is 10.0. The molecule has 2 heteroatoms. The molecular formula is C21H22N2. The lowest BCUT2D eigenvalue weighted by Gasteiger charge is -2.41. The summed E-state index contributed by atoms with van der Waals surface area (Å²) in [6, 6.07) is 24.5. The van der Waals surface area contributed by atoms with Gasteiger partial charge < -0.3 is 9.80 Å². The molecule has 0 N–H and O–H groups in total. The van der Waals surface area contributed by atoms with Crippen LogP contribution in [0.15, 0.2) is 66.7 Å². The van der Waals surface area contributed by atoms with E-state index in [1.165, 1.54) is 27.7 Å². The summed E-state index contributed by atoms with van der Waals surface area (Å²) in [7, 11) is 0. The maximum absolute atomic E-state index is 2.50. The normalized spacial score (nSPS) is 13.9. The Morgan fingerprint density at radius 1 is 0.826 bits per heavy atom. The van der Waals surface area contributed by atoms with Gasteiger partial charge in [0.25, 0.3) is 0 Å². The molecule has 1 aliphatic heterocycles. The number of rotatable bonds is 3. The third-order valence-corrected chi connectivity index (χ3v) is 4.67. The van der Waals surface area contributed by atoms with Crippen molar-refractivity contribution in [2.24, 2.45) is 0 Å². The third kappa shape index (κ3) is 2.44. The average molecular weight is 302 g/mol. The van der Waals surface area contributed by atoms with Gasteiger partial charge in [0.2, 0.25) is 0 Å². The van der Waals surface area contributed by atoms with Gasteiger partial charge in [0.05, 0.1) is 6.67 Å². The largest absolute Gasteiger partial charge is 0.351 e. The second-order valence-corrected chi connectivity index (χ2v) is 6.54. The van der Waals surface area contributed by atoms with Crippen LogP contribution in [0, 0.1) is 0 Å². The molecule has 0 radical (unpaired) electrons. The van der Waals surface area contributed by atoms with Crippen molar-refractivity contribution in [1.29, 1.82) is 0 Å². The van der Waals surface area contributed by atoms with E-state index in [1.807, 2.05) is 0 Å². The van der Waals surface area contributed by atoms with Crippen molar-refractivity contribution in [3.8, 4) is 0 Å². The fraction of sp³-hybridized carbons (Fsp3) is 0.238. The standard InChI is InChI=1S/C21H22N2/c1-16(2)23-15-22(14-17-8-4-3-5-9-17)19-12-6-10-18-11-7-13-20(23)21(18)19/h3-13,16H,14-15H2,1-2H3. The van der Waals surface area contributed by atoms with Crippen molar-refractivity contribution in [3.05, 3.63) is 72.3 Å². The van der Waals surface area contributed by atoms with Crippen LogP contribution in [0.4, 0.5) is 11.4 Å². The summed E-state index contributed by atoms with van der Waals surface area (Å²) in [5, 5.41) is 2.70. The zero-order valence-electron chi connectivity index (χ0n) is 13.7. The lowest BCUT2D eigenvalue weighted by Crippen LogP contribution is -2.44. The molecular weight excluding hydrogens is 280 g/mol. The summed E-state index contributed by atoms with van der Waals surface area (Å²) in [5.74, 6) is 0. The Hall–Kier alpha value is -2.48. The summed E-state index contributed by atoms with van der Waals surface area (Å²) >= 11 is 0. The first kappa shape index (κ1) is 14.1. The second kappa shape index (κ2) is 5.62. The summed E-state index contributed by atoms with van der Waals surface area (Å²) in [6.07, 6.45) is 0. The molecule has 3 aromatic rings. The number of anilines is 2. The molecule has 0 bridgehead atoms. The quantitative estimate of drug-likeness (QED) is 0.669. The maximum atomic E-state index is 2.50. The predicted octanol–water partition coefficient (Wildman–Crippen LogP) is 5.03. The highest BCUT2D eigenvalue weighted by molar-refractivity contribution is 6.05. The first-order valence-electron chi connectivity index (χ1n) is 8.31. The smallest absolute Gasteiger partial charge is 0.0909 e. The Balaban J connectivity index is 1.85. The van der Waals surface area contributed by atoms with Crippen molar-refractivity contribution in [3.63, 3.8) is 0 Å². The second-order valence-electron chi connectivity index (χ2n) is 6.54. The first-order chi connectivity index (χ1) is 11.2. The molecule has 0 atom stereocenters. The highest BCUT2D eigenvalue weighted by Gasteiger charge is 2.25. The molecule has 0 spiro atoms. The minimum Gasteiger partial charge on any atom is -0.351 e. The lowest BCUT2D eigenvalue weighted by molar-refractivity contribution is 0.644. The van der Waals surface area contributed by atoms with E-state index >= 15 is 0 Å². The van der Waals surface area contributed by atoms with Crippen LogP contribution in [0.2, 0.25) is 0 Å². The van der Waals surface area contributed by atoms with Crippen molar-refractivity contribution >= 4 is 22.1 Å². The minimum absolute atomic E-state index is 0.479. The van der Waals surface area contributed by atoms with E-state index in [4.69, 9.17) is 0 Å². The van der Waals surface area contributed by atoms with Crippen LogP contribution < -0.4 is 9.80 Å². The monoisotopic (exact) mass is 302 g/mol. The van der Waals surface area contributed by atoms with Crippen LogP contribution in [-0.4, -0.2) is 12.7 Å². The molecule has 0 aliphatic carbocycles. The predicted molar refractivity (Wildman–Crippen MR) is 99.1 cm³/mol. The van der Waals surface area contributed by atoms with Crippen LogP contribution in [0.5, 0.6) is 0 Å². The third-order valence-electron chi connectivity index (χ3n) is 4.67. The number of benzene rings is 3. The summed E-state index contributed by atoms with van der Waals surface area (Å²) < 4.78 is 0. The van der Waals surface area contributed by atoms with Gasteiger partial charge in [0.1, 0.15) is 0 Å². The number of hydrogen-bond donors (Lipinski definition) is 0. The van der Waals surface area contributed by atoms with E-state index in [0.29, 0.717) is 6.04 Å². The van der Waals surface area contributed by atoms with Gasteiger partial charge in [-0.25, -0.2) is 0 Å². The highest BCUT2D eigenvalue weighted by Crippen LogP contribution is 2.40. The van der Waals surface area contributed by atoms with Crippen LogP contribution in [0.3, 0.4) is 0 Å². The van der Waals surface area contributed by atoms with Crippen LogP contribution in [0.25, 0.3) is 10.8 Å². The zero-order valence-corrected chi connectivity index (χ0v) is 13.7. The van der Waals surface area contributed by atoms with Gasteiger partial charge in [-0.3, -0.25) is 0 Å². The van der Waals surface area contributed by atoms with E-state index in [9.17, 15) is 0 Å². The highest BCUT2D eigenvalue weighted by atomic mass is 15.3. The first-order valence-corrected chi connectivity index (χ1v) is 8.31. The van der Waals surface area contributed by atoms with E-state index in [-0.39, 0.29) is 0 Å². The fourth-order valence-corrected chi connectivity index (χ4v) is 3.52. The van der Waals surface area contributed by atoms with E-state index in [0.717, 1.165) is 13.2 Å². The Labute approximate surface area is 138 Å². The molecule has 0 aromatic heterocycles.